The normalized spacial score (nSPS) is 12.2. The Bertz CT molecular complexity index is 457. The fourth-order valence-electron chi connectivity index (χ4n) is 1.60. The number of methoxy groups -OCH3 is 1. The van der Waals surface area contributed by atoms with Crippen molar-refractivity contribution in [2.45, 2.75) is 19.6 Å². The Morgan fingerprint density at radius 1 is 1.68 bits per heavy atom. The molecule has 0 saturated heterocycles. The lowest BCUT2D eigenvalue weighted by atomic mass is 10.3. The van der Waals surface area contributed by atoms with Crippen molar-refractivity contribution in [2.75, 3.05) is 20.3 Å². The molecular formula is C11H17N3O5. The van der Waals surface area contributed by atoms with Crippen molar-refractivity contribution in [3.05, 3.63) is 28.1 Å². The number of nitro groups is 1. The number of carbonyl (C=O) groups is 1. The molecule has 0 aliphatic heterocycles. The quantitative estimate of drug-likeness (QED) is 0.542. The zero-order valence-electron chi connectivity index (χ0n) is 10.8. The highest BCUT2D eigenvalue weighted by Gasteiger charge is 2.19. The summed E-state index contributed by atoms with van der Waals surface area (Å²) in [5, 5.41) is 22.6. The van der Waals surface area contributed by atoms with E-state index in [2.05, 4.69) is 5.32 Å². The molecule has 1 heterocycles. The van der Waals surface area contributed by atoms with Gasteiger partial charge in [0.1, 0.15) is 5.69 Å². The van der Waals surface area contributed by atoms with Crippen LogP contribution in [0, 0.1) is 10.1 Å². The van der Waals surface area contributed by atoms with Gasteiger partial charge in [-0.25, -0.2) is 0 Å². The summed E-state index contributed by atoms with van der Waals surface area (Å²) >= 11 is 0. The third-order valence-corrected chi connectivity index (χ3v) is 2.52. The highest BCUT2D eigenvalue weighted by Crippen LogP contribution is 2.16. The van der Waals surface area contributed by atoms with Gasteiger partial charge in [-0.3, -0.25) is 14.9 Å². The third kappa shape index (κ3) is 4.04. The zero-order valence-corrected chi connectivity index (χ0v) is 10.8. The molecule has 1 atom stereocenters. The van der Waals surface area contributed by atoms with Gasteiger partial charge in [0.15, 0.2) is 0 Å². The van der Waals surface area contributed by atoms with Gasteiger partial charge in [-0.05, 0) is 6.92 Å². The van der Waals surface area contributed by atoms with Crippen LogP contribution < -0.4 is 5.32 Å². The average molecular weight is 271 g/mol. The predicted octanol–water partition coefficient (Wildman–Crippen LogP) is 0.153. The molecule has 1 unspecified atom stereocenters. The Morgan fingerprint density at radius 3 is 2.89 bits per heavy atom. The summed E-state index contributed by atoms with van der Waals surface area (Å²) in [4.78, 5) is 22.0. The van der Waals surface area contributed by atoms with E-state index < -0.39 is 16.9 Å². The summed E-state index contributed by atoms with van der Waals surface area (Å²) in [6, 6.07) is 1.21. The maximum atomic E-state index is 11.9. The largest absolute Gasteiger partial charge is 0.389 e. The molecule has 1 rings (SSSR count). The lowest BCUT2D eigenvalue weighted by Gasteiger charge is -2.11. The summed E-state index contributed by atoms with van der Waals surface area (Å²) < 4.78 is 6.21. The maximum Gasteiger partial charge on any atom is 0.287 e. The molecule has 2 N–H and O–H groups in total. The molecule has 0 fully saturated rings. The highest BCUT2D eigenvalue weighted by molar-refractivity contribution is 5.93. The van der Waals surface area contributed by atoms with Crippen molar-refractivity contribution in [3.63, 3.8) is 0 Å². The number of hydrogen-bond donors (Lipinski definition) is 2. The summed E-state index contributed by atoms with van der Waals surface area (Å²) in [6.07, 6.45) is 0.495. The lowest BCUT2D eigenvalue weighted by Crippen LogP contribution is -2.35. The first-order chi connectivity index (χ1) is 8.99. The third-order valence-electron chi connectivity index (χ3n) is 2.52. The zero-order chi connectivity index (χ0) is 14.4. The second kappa shape index (κ2) is 6.86. The lowest BCUT2D eigenvalue weighted by molar-refractivity contribution is -0.384. The van der Waals surface area contributed by atoms with E-state index in [4.69, 9.17) is 4.74 Å². The Balaban J connectivity index is 2.73. The van der Waals surface area contributed by atoms with Gasteiger partial charge < -0.3 is 19.7 Å². The maximum absolute atomic E-state index is 11.9. The van der Waals surface area contributed by atoms with E-state index in [1.807, 2.05) is 0 Å². The molecule has 0 saturated carbocycles. The van der Waals surface area contributed by atoms with E-state index in [9.17, 15) is 20.0 Å². The molecule has 0 radical (unpaired) electrons. The van der Waals surface area contributed by atoms with Crippen LogP contribution in [0.4, 0.5) is 5.69 Å². The van der Waals surface area contributed by atoms with Gasteiger partial charge in [0, 0.05) is 26.3 Å². The van der Waals surface area contributed by atoms with Crippen molar-refractivity contribution in [2.24, 2.45) is 0 Å². The van der Waals surface area contributed by atoms with E-state index in [1.54, 1.807) is 6.92 Å². The standard InChI is InChI=1S/C11H17N3O5/c1-3-13-6-8(14(17)18)4-10(13)11(16)12-5-9(15)7-19-2/h4,6,9,15H,3,5,7H2,1-2H3,(H,12,16). The minimum absolute atomic E-state index is 0.0232. The average Bonchev–Trinajstić information content (AvgIpc) is 2.80. The van der Waals surface area contributed by atoms with Gasteiger partial charge in [0.25, 0.3) is 11.6 Å². The first kappa shape index (κ1) is 15.1. The second-order valence-electron chi connectivity index (χ2n) is 3.95. The van der Waals surface area contributed by atoms with Crippen molar-refractivity contribution >= 4 is 11.6 Å². The number of aliphatic hydroxyl groups is 1. The number of aromatic nitrogens is 1. The van der Waals surface area contributed by atoms with E-state index in [-0.39, 0.29) is 24.5 Å². The summed E-state index contributed by atoms with van der Waals surface area (Å²) in [6.45, 7) is 2.35. The number of ether oxygens (including phenoxy) is 1. The second-order valence-corrected chi connectivity index (χ2v) is 3.95. The van der Waals surface area contributed by atoms with Crippen molar-refractivity contribution in [3.8, 4) is 0 Å². The number of hydrogen-bond acceptors (Lipinski definition) is 5. The van der Waals surface area contributed by atoms with Crippen LogP contribution in [0.1, 0.15) is 17.4 Å². The molecule has 0 aliphatic carbocycles. The van der Waals surface area contributed by atoms with Crippen LogP contribution in [0.2, 0.25) is 0 Å². The van der Waals surface area contributed by atoms with Crippen LogP contribution in [0.5, 0.6) is 0 Å². The monoisotopic (exact) mass is 271 g/mol. The van der Waals surface area contributed by atoms with E-state index in [1.165, 1.54) is 23.9 Å². The molecule has 0 aromatic carbocycles. The molecular weight excluding hydrogens is 254 g/mol. The Morgan fingerprint density at radius 2 is 2.37 bits per heavy atom. The number of nitrogens with one attached hydrogen (secondary N) is 1. The van der Waals surface area contributed by atoms with Crippen molar-refractivity contribution in [1.29, 1.82) is 0 Å². The molecule has 0 aliphatic rings. The first-order valence-electron chi connectivity index (χ1n) is 5.79. The van der Waals surface area contributed by atoms with Gasteiger partial charge in [-0.1, -0.05) is 0 Å². The minimum Gasteiger partial charge on any atom is -0.389 e. The Kier molecular flexibility index (Phi) is 5.46. The fourth-order valence-corrected chi connectivity index (χ4v) is 1.60. The highest BCUT2D eigenvalue weighted by atomic mass is 16.6. The summed E-state index contributed by atoms with van der Waals surface area (Å²) in [5.74, 6) is -0.467. The minimum atomic E-state index is -0.811. The van der Waals surface area contributed by atoms with Crippen molar-refractivity contribution in [1.82, 2.24) is 9.88 Å². The molecule has 0 bridgehead atoms. The number of nitrogens with zero attached hydrogens (tertiary/aromatic N) is 2. The molecule has 19 heavy (non-hydrogen) atoms. The Labute approximate surface area is 110 Å². The van der Waals surface area contributed by atoms with E-state index in [0.29, 0.717) is 6.54 Å². The van der Waals surface area contributed by atoms with Gasteiger partial charge in [-0.15, -0.1) is 0 Å². The Hall–Kier alpha value is -1.93. The molecule has 8 nitrogen and oxygen atoms in total. The number of carbonyl (C=O) groups excluding carboxylic acids is 1. The topological polar surface area (TPSA) is 107 Å². The molecule has 1 aromatic rings. The van der Waals surface area contributed by atoms with Crippen LogP contribution in [0.25, 0.3) is 0 Å². The fraction of sp³-hybridized carbons (Fsp3) is 0.545. The predicted molar refractivity (Wildman–Crippen MR) is 67.0 cm³/mol. The van der Waals surface area contributed by atoms with E-state index >= 15 is 0 Å². The van der Waals surface area contributed by atoms with Crippen LogP contribution in [0.15, 0.2) is 12.3 Å². The molecule has 1 aromatic heterocycles. The van der Waals surface area contributed by atoms with Gasteiger partial charge in [0.2, 0.25) is 0 Å². The van der Waals surface area contributed by atoms with Crippen LogP contribution in [0.3, 0.4) is 0 Å². The SMILES string of the molecule is CCn1cc([N+](=O)[O-])cc1C(=O)NCC(O)COC. The summed E-state index contributed by atoms with van der Waals surface area (Å²) in [5.41, 5.74) is 0.0586. The number of aryl methyl sites for hydroxylation is 1. The molecule has 106 valence electrons. The number of aliphatic hydroxyl groups excluding tert-OH is 1. The van der Waals surface area contributed by atoms with Crippen LogP contribution in [-0.2, 0) is 11.3 Å². The van der Waals surface area contributed by atoms with Crippen molar-refractivity contribution < 1.29 is 19.6 Å². The molecule has 8 heteroatoms. The molecule has 0 spiro atoms. The van der Waals surface area contributed by atoms with Gasteiger partial charge in [0.05, 0.1) is 23.8 Å². The number of amides is 1. The van der Waals surface area contributed by atoms with Crippen LogP contribution in [-0.4, -0.2) is 46.9 Å². The van der Waals surface area contributed by atoms with Crippen LogP contribution >= 0.6 is 0 Å². The first-order valence-corrected chi connectivity index (χ1v) is 5.79. The van der Waals surface area contributed by atoms with E-state index in [0.717, 1.165) is 0 Å². The van der Waals surface area contributed by atoms with Gasteiger partial charge >= 0.3 is 0 Å². The summed E-state index contributed by atoms with van der Waals surface area (Å²) in [7, 11) is 1.44. The molecule has 1 amide bonds. The van der Waals surface area contributed by atoms with Gasteiger partial charge in [-0.2, -0.15) is 0 Å². The smallest absolute Gasteiger partial charge is 0.287 e. The number of rotatable bonds is 7.